The summed E-state index contributed by atoms with van der Waals surface area (Å²) in [6.45, 7) is 3.34. The van der Waals surface area contributed by atoms with Gasteiger partial charge in [0.1, 0.15) is 0 Å². The molecular weight excluding hydrogens is 254 g/mol. The van der Waals surface area contributed by atoms with Gasteiger partial charge in [0.05, 0.1) is 10.6 Å². The summed E-state index contributed by atoms with van der Waals surface area (Å²) >= 11 is 0. The fourth-order valence-corrected chi connectivity index (χ4v) is 2.06. The quantitative estimate of drug-likeness (QED) is 0.648. The third kappa shape index (κ3) is 3.61. The van der Waals surface area contributed by atoms with Crippen LogP contribution in [0.4, 0.5) is 5.69 Å². The van der Waals surface area contributed by atoms with E-state index in [0.29, 0.717) is 13.1 Å². The predicted molar refractivity (Wildman–Crippen MR) is 77.3 cm³/mol. The molecule has 104 valence electrons. The van der Waals surface area contributed by atoms with Crippen LogP contribution in [0.2, 0.25) is 0 Å². The number of aryl methyl sites for hydroxylation is 1. The van der Waals surface area contributed by atoms with E-state index in [0.717, 1.165) is 17.7 Å². The highest BCUT2D eigenvalue weighted by molar-refractivity contribution is 5.34. The number of non-ortho nitro benzene ring substituents is 1. The lowest BCUT2D eigenvalue weighted by Crippen LogP contribution is -2.15. The molecule has 20 heavy (non-hydrogen) atoms. The van der Waals surface area contributed by atoms with Gasteiger partial charge in [0.25, 0.3) is 5.69 Å². The van der Waals surface area contributed by atoms with E-state index in [9.17, 15) is 10.1 Å². The Morgan fingerprint density at radius 1 is 1.25 bits per heavy atom. The predicted octanol–water partition coefficient (Wildman–Crippen LogP) is 2.84. The molecule has 0 aliphatic heterocycles. The Hall–Kier alpha value is -2.27. The Kier molecular flexibility index (Phi) is 4.79. The molecule has 0 unspecified atom stereocenters. The van der Waals surface area contributed by atoms with Crippen molar-refractivity contribution in [3.8, 4) is 0 Å². The molecular formula is C15H17N3O2. The third-order valence-electron chi connectivity index (χ3n) is 3.11. The Morgan fingerprint density at radius 2 is 2.10 bits per heavy atom. The molecule has 1 aromatic carbocycles. The van der Waals surface area contributed by atoms with E-state index >= 15 is 0 Å². The summed E-state index contributed by atoms with van der Waals surface area (Å²) in [6.07, 6.45) is 2.73. The average molecular weight is 271 g/mol. The Balaban J connectivity index is 1.96. The summed E-state index contributed by atoms with van der Waals surface area (Å²) in [5.74, 6) is 0. The molecule has 0 aliphatic carbocycles. The van der Waals surface area contributed by atoms with Crippen LogP contribution in [-0.2, 0) is 19.5 Å². The number of nitrogens with one attached hydrogen (secondary N) is 1. The standard InChI is InChI=1S/C15H17N3O2/c1-2-13-6-4-8-17-15(13)11-16-10-12-5-3-7-14(9-12)18(19)20/h3-9,16H,2,10-11H2,1H3. The molecule has 1 N–H and O–H groups in total. The average Bonchev–Trinajstić information content (AvgIpc) is 2.48. The Labute approximate surface area is 117 Å². The first-order valence-electron chi connectivity index (χ1n) is 6.57. The SMILES string of the molecule is CCc1cccnc1CNCc1cccc([N+](=O)[O-])c1. The van der Waals surface area contributed by atoms with Crippen molar-refractivity contribution in [2.75, 3.05) is 0 Å². The first kappa shape index (κ1) is 14.1. The Bertz CT molecular complexity index is 599. The summed E-state index contributed by atoms with van der Waals surface area (Å²) in [7, 11) is 0. The van der Waals surface area contributed by atoms with Crippen LogP contribution in [0.3, 0.4) is 0 Å². The van der Waals surface area contributed by atoms with Crippen LogP contribution in [0.1, 0.15) is 23.7 Å². The lowest BCUT2D eigenvalue weighted by Gasteiger charge is -2.08. The minimum absolute atomic E-state index is 0.122. The molecule has 1 aromatic heterocycles. The van der Waals surface area contributed by atoms with Crippen molar-refractivity contribution in [1.29, 1.82) is 0 Å². The van der Waals surface area contributed by atoms with Gasteiger partial charge in [-0.3, -0.25) is 15.1 Å². The maximum Gasteiger partial charge on any atom is 0.269 e. The molecule has 5 nitrogen and oxygen atoms in total. The van der Waals surface area contributed by atoms with Gasteiger partial charge in [-0.2, -0.15) is 0 Å². The summed E-state index contributed by atoms with van der Waals surface area (Å²) in [5.41, 5.74) is 3.27. The number of nitro groups is 1. The van der Waals surface area contributed by atoms with Crippen LogP contribution in [-0.4, -0.2) is 9.91 Å². The van der Waals surface area contributed by atoms with E-state index in [-0.39, 0.29) is 10.6 Å². The van der Waals surface area contributed by atoms with Gasteiger partial charge in [0, 0.05) is 31.4 Å². The smallest absolute Gasteiger partial charge is 0.269 e. The number of nitro benzene ring substituents is 1. The second kappa shape index (κ2) is 6.77. The normalized spacial score (nSPS) is 10.4. The van der Waals surface area contributed by atoms with Gasteiger partial charge in [-0.15, -0.1) is 0 Å². The molecule has 0 saturated heterocycles. The highest BCUT2D eigenvalue weighted by atomic mass is 16.6. The number of rotatable bonds is 6. The summed E-state index contributed by atoms with van der Waals surface area (Å²) < 4.78 is 0. The topological polar surface area (TPSA) is 68.1 Å². The number of hydrogen-bond donors (Lipinski definition) is 1. The molecule has 0 bridgehead atoms. The number of pyridine rings is 1. The second-order valence-electron chi connectivity index (χ2n) is 4.49. The summed E-state index contributed by atoms with van der Waals surface area (Å²) in [6, 6.07) is 10.7. The number of aromatic nitrogens is 1. The molecule has 1 heterocycles. The molecule has 0 fully saturated rings. The van der Waals surface area contributed by atoms with Crippen molar-refractivity contribution in [3.63, 3.8) is 0 Å². The number of benzene rings is 1. The third-order valence-corrected chi connectivity index (χ3v) is 3.11. The van der Waals surface area contributed by atoms with Crippen molar-refractivity contribution in [3.05, 3.63) is 69.5 Å². The van der Waals surface area contributed by atoms with E-state index in [2.05, 4.69) is 23.3 Å². The first-order chi connectivity index (χ1) is 9.70. The molecule has 0 amide bonds. The van der Waals surface area contributed by atoms with Gasteiger partial charge in [0.2, 0.25) is 0 Å². The highest BCUT2D eigenvalue weighted by Crippen LogP contribution is 2.13. The zero-order valence-electron chi connectivity index (χ0n) is 11.4. The summed E-state index contributed by atoms with van der Waals surface area (Å²) in [5, 5.41) is 14.0. The lowest BCUT2D eigenvalue weighted by atomic mass is 10.1. The van der Waals surface area contributed by atoms with Crippen LogP contribution >= 0.6 is 0 Å². The van der Waals surface area contributed by atoms with Gasteiger partial charge in [-0.05, 0) is 23.6 Å². The maximum absolute atomic E-state index is 10.7. The van der Waals surface area contributed by atoms with E-state index < -0.39 is 0 Å². The van der Waals surface area contributed by atoms with Crippen molar-refractivity contribution in [2.45, 2.75) is 26.4 Å². The fraction of sp³-hybridized carbons (Fsp3) is 0.267. The van der Waals surface area contributed by atoms with Crippen LogP contribution in [0.25, 0.3) is 0 Å². The van der Waals surface area contributed by atoms with E-state index in [1.54, 1.807) is 18.3 Å². The Morgan fingerprint density at radius 3 is 2.85 bits per heavy atom. The van der Waals surface area contributed by atoms with Crippen molar-refractivity contribution >= 4 is 5.69 Å². The molecule has 0 aliphatic rings. The zero-order chi connectivity index (χ0) is 14.4. The maximum atomic E-state index is 10.7. The van der Waals surface area contributed by atoms with Gasteiger partial charge in [0.15, 0.2) is 0 Å². The molecule has 2 rings (SSSR count). The fourth-order valence-electron chi connectivity index (χ4n) is 2.06. The van der Waals surface area contributed by atoms with Crippen LogP contribution in [0.15, 0.2) is 42.6 Å². The first-order valence-corrected chi connectivity index (χ1v) is 6.57. The number of nitrogens with zero attached hydrogens (tertiary/aromatic N) is 2. The van der Waals surface area contributed by atoms with Crippen molar-refractivity contribution in [2.24, 2.45) is 0 Å². The van der Waals surface area contributed by atoms with Crippen molar-refractivity contribution in [1.82, 2.24) is 10.3 Å². The lowest BCUT2D eigenvalue weighted by molar-refractivity contribution is -0.384. The van der Waals surface area contributed by atoms with Gasteiger partial charge in [-0.1, -0.05) is 25.1 Å². The second-order valence-corrected chi connectivity index (χ2v) is 4.49. The van der Waals surface area contributed by atoms with Crippen molar-refractivity contribution < 1.29 is 4.92 Å². The zero-order valence-corrected chi connectivity index (χ0v) is 11.4. The van der Waals surface area contributed by atoms with Crippen LogP contribution in [0.5, 0.6) is 0 Å². The summed E-state index contributed by atoms with van der Waals surface area (Å²) in [4.78, 5) is 14.7. The molecule has 0 atom stereocenters. The minimum Gasteiger partial charge on any atom is -0.307 e. The number of hydrogen-bond acceptors (Lipinski definition) is 4. The van der Waals surface area contributed by atoms with E-state index in [1.807, 2.05) is 12.1 Å². The van der Waals surface area contributed by atoms with E-state index in [4.69, 9.17) is 0 Å². The largest absolute Gasteiger partial charge is 0.307 e. The molecule has 2 aromatic rings. The monoisotopic (exact) mass is 271 g/mol. The molecule has 0 saturated carbocycles. The van der Waals surface area contributed by atoms with Gasteiger partial charge in [-0.25, -0.2) is 0 Å². The van der Waals surface area contributed by atoms with Crippen LogP contribution < -0.4 is 5.32 Å². The van der Waals surface area contributed by atoms with E-state index in [1.165, 1.54) is 11.6 Å². The van der Waals surface area contributed by atoms with Gasteiger partial charge < -0.3 is 5.32 Å². The van der Waals surface area contributed by atoms with Gasteiger partial charge >= 0.3 is 0 Å². The molecule has 0 radical (unpaired) electrons. The molecule has 5 heteroatoms. The molecule has 0 spiro atoms. The minimum atomic E-state index is -0.378. The van der Waals surface area contributed by atoms with Crippen LogP contribution in [0, 0.1) is 10.1 Å². The highest BCUT2D eigenvalue weighted by Gasteiger charge is 2.06.